The molecule has 0 unspecified atom stereocenters. The van der Waals surface area contributed by atoms with Crippen LogP contribution < -0.4 is 16.0 Å². The van der Waals surface area contributed by atoms with Crippen LogP contribution in [0, 0.1) is 17.8 Å². The maximum absolute atomic E-state index is 12.7. The molecule has 2 atom stereocenters. The lowest BCUT2D eigenvalue weighted by atomic mass is 10.0. The summed E-state index contributed by atoms with van der Waals surface area (Å²) in [6.45, 7) is 13.8. The van der Waals surface area contributed by atoms with Gasteiger partial charge in [0.2, 0.25) is 17.7 Å². The maximum Gasteiger partial charge on any atom is 0.246 e. The Labute approximate surface area is 181 Å². The fraction of sp³-hybridized carbons (Fsp3) is 0.625. The smallest absolute Gasteiger partial charge is 0.246 e. The number of anilines is 1. The molecule has 1 rings (SSSR count). The van der Waals surface area contributed by atoms with Crippen LogP contribution in [-0.2, 0) is 20.8 Å². The Bertz CT molecular complexity index is 696. The molecule has 0 aromatic heterocycles. The van der Waals surface area contributed by atoms with E-state index in [2.05, 4.69) is 43.6 Å². The molecule has 6 nitrogen and oxygen atoms in total. The standard InChI is InChI=1S/C24H39N3O3/c1-15(2)8-13-21(28)27-22(17(5)6)24(30)25-18(7)23(29)26-20-11-9-19(10-12-20)14-16(3)4/h9-12,15-18,22H,8,13-14H2,1-7H3,(H,25,30)(H,26,29)(H,27,28)/t18-,22-/m0/s1. The Morgan fingerprint density at radius 1 is 0.800 bits per heavy atom. The van der Waals surface area contributed by atoms with Gasteiger partial charge in [0.15, 0.2) is 0 Å². The normalized spacial score (nSPS) is 13.3. The molecule has 30 heavy (non-hydrogen) atoms. The first kappa shape index (κ1) is 25.7. The van der Waals surface area contributed by atoms with Gasteiger partial charge in [0.1, 0.15) is 12.1 Å². The first-order valence-electron chi connectivity index (χ1n) is 11.0. The number of carbonyl (C=O) groups is 3. The average Bonchev–Trinajstić information content (AvgIpc) is 2.65. The van der Waals surface area contributed by atoms with E-state index in [1.54, 1.807) is 6.92 Å². The van der Waals surface area contributed by atoms with E-state index in [0.717, 1.165) is 12.8 Å². The predicted octanol–water partition coefficient (Wildman–Crippen LogP) is 3.91. The first-order chi connectivity index (χ1) is 14.0. The van der Waals surface area contributed by atoms with Crippen LogP contribution in [0.3, 0.4) is 0 Å². The molecule has 3 N–H and O–H groups in total. The number of rotatable bonds is 11. The Hall–Kier alpha value is -2.37. The average molecular weight is 418 g/mol. The molecule has 0 saturated heterocycles. The largest absolute Gasteiger partial charge is 0.344 e. The molecular formula is C24H39N3O3. The van der Waals surface area contributed by atoms with Gasteiger partial charge in [0, 0.05) is 12.1 Å². The van der Waals surface area contributed by atoms with Crippen LogP contribution in [0.15, 0.2) is 24.3 Å². The highest BCUT2D eigenvalue weighted by Crippen LogP contribution is 2.13. The van der Waals surface area contributed by atoms with E-state index in [1.807, 2.05) is 38.1 Å². The summed E-state index contributed by atoms with van der Waals surface area (Å²) in [5, 5.41) is 8.36. The minimum Gasteiger partial charge on any atom is -0.344 e. The third-order valence-corrected chi connectivity index (χ3v) is 4.83. The zero-order valence-corrected chi connectivity index (χ0v) is 19.5. The Balaban J connectivity index is 2.62. The van der Waals surface area contributed by atoms with E-state index < -0.39 is 12.1 Å². The van der Waals surface area contributed by atoms with Gasteiger partial charge in [-0.15, -0.1) is 0 Å². The van der Waals surface area contributed by atoms with Crippen LogP contribution in [0.1, 0.15) is 66.9 Å². The molecule has 3 amide bonds. The van der Waals surface area contributed by atoms with E-state index >= 15 is 0 Å². The first-order valence-corrected chi connectivity index (χ1v) is 11.0. The topological polar surface area (TPSA) is 87.3 Å². The molecule has 0 aliphatic heterocycles. The number of benzene rings is 1. The molecule has 6 heteroatoms. The fourth-order valence-electron chi connectivity index (χ4n) is 3.02. The van der Waals surface area contributed by atoms with Crippen LogP contribution >= 0.6 is 0 Å². The van der Waals surface area contributed by atoms with Crippen molar-refractivity contribution in [3.8, 4) is 0 Å². The molecular weight excluding hydrogens is 378 g/mol. The summed E-state index contributed by atoms with van der Waals surface area (Å²) in [7, 11) is 0. The van der Waals surface area contributed by atoms with Gasteiger partial charge in [0.05, 0.1) is 0 Å². The second-order valence-electron chi connectivity index (χ2n) is 9.24. The maximum atomic E-state index is 12.7. The van der Waals surface area contributed by atoms with Crippen molar-refractivity contribution in [1.82, 2.24) is 10.6 Å². The number of carbonyl (C=O) groups excluding carboxylic acids is 3. The lowest BCUT2D eigenvalue weighted by Crippen LogP contribution is -2.53. The van der Waals surface area contributed by atoms with Crippen molar-refractivity contribution in [2.45, 2.75) is 79.8 Å². The van der Waals surface area contributed by atoms with Gasteiger partial charge in [-0.05, 0) is 55.2 Å². The van der Waals surface area contributed by atoms with Crippen molar-refractivity contribution in [3.63, 3.8) is 0 Å². The summed E-state index contributed by atoms with van der Waals surface area (Å²) < 4.78 is 0. The van der Waals surface area contributed by atoms with Gasteiger partial charge < -0.3 is 16.0 Å². The highest BCUT2D eigenvalue weighted by Gasteiger charge is 2.27. The van der Waals surface area contributed by atoms with Crippen LogP contribution in [0.5, 0.6) is 0 Å². The molecule has 0 fully saturated rings. The second-order valence-corrected chi connectivity index (χ2v) is 9.24. The van der Waals surface area contributed by atoms with E-state index in [0.29, 0.717) is 23.9 Å². The monoisotopic (exact) mass is 417 g/mol. The Morgan fingerprint density at radius 3 is 1.90 bits per heavy atom. The lowest BCUT2D eigenvalue weighted by molar-refractivity contribution is -0.131. The van der Waals surface area contributed by atoms with E-state index in [9.17, 15) is 14.4 Å². The zero-order chi connectivity index (χ0) is 22.8. The zero-order valence-electron chi connectivity index (χ0n) is 19.5. The van der Waals surface area contributed by atoms with Gasteiger partial charge >= 0.3 is 0 Å². The van der Waals surface area contributed by atoms with Crippen molar-refractivity contribution in [2.75, 3.05) is 5.32 Å². The van der Waals surface area contributed by atoms with E-state index in [4.69, 9.17) is 0 Å². The number of hydrogen-bond donors (Lipinski definition) is 3. The summed E-state index contributed by atoms with van der Waals surface area (Å²) in [6.07, 6.45) is 2.14. The molecule has 0 spiro atoms. The van der Waals surface area contributed by atoms with Gasteiger partial charge in [-0.3, -0.25) is 14.4 Å². The van der Waals surface area contributed by atoms with Crippen LogP contribution in [0.4, 0.5) is 5.69 Å². The molecule has 1 aromatic rings. The SMILES string of the molecule is CC(C)CCC(=O)N[C@H](C(=O)N[C@@H](C)C(=O)Nc1ccc(CC(C)C)cc1)C(C)C. The van der Waals surface area contributed by atoms with Crippen molar-refractivity contribution in [2.24, 2.45) is 17.8 Å². The minimum atomic E-state index is -0.721. The van der Waals surface area contributed by atoms with Crippen LogP contribution in [-0.4, -0.2) is 29.8 Å². The van der Waals surface area contributed by atoms with Crippen molar-refractivity contribution in [3.05, 3.63) is 29.8 Å². The highest BCUT2D eigenvalue weighted by atomic mass is 16.2. The molecule has 0 aliphatic rings. The summed E-state index contributed by atoms with van der Waals surface area (Å²) in [4.78, 5) is 37.3. The molecule has 0 saturated carbocycles. The predicted molar refractivity (Wildman–Crippen MR) is 122 cm³/mol. The number of hydrogen-bond acceptors (Lipinski definition) is 3. The Kier molecular flexibility index (Phi) is 10.6. The van der Waals surface area contributed by atoms with E-state index in [-0.39, 0.29) is 23.6 Å². The van der Waals surface area contributed by atoms with Crippen molar-refractivity contribution >= 4 is 23.4 Å². The summed E-state index contributed by atoms with van der Waals surface area (Å²) in [5.41, 5.74) is 1.91. The molecule has 0 aliphatic carbocycles. The Morgan fingerprint density at radius 2 is 1.40 bits per heavy atom. The van der Waals surface area contributed by atoms with Crippen LogP contribution in [0.25, 0.3) is 0 Å². The highest BCUT2D eigenvalue weighted by molar-refractivity contribution is 5.98. The molecule has 0 heterocycles. The molecule has 168 valence electrons. The summed E-state index contributed by atoms with van der Waals surface area (Å²) in [5.74, 6) is 0.116. The van der Waals surface area contributed by atoms with Gasteiger partial charge in [0.25, 0.3) is 0 Å². The van der Waals surface area contributed by atoms with Crippen molar-refractivity contribution in [1.29, 1.82) is 0 Å². The van der Waals surface area contributed by atoms with Gasteiger partial charge in [-0.1, -0.05) is 53.7 Å². The van der Waals surface area contributed by atoms with Crippen LogP contribution in [0.2, 0.25) is 0 Å². The second kappa shape index (κ2) is 12.4. The lowest BCUT2D eigenvalue weighted by Gasteiger charge is -2.24. The molecule has 0 radical (unpaired) electrons. The number of amides is 3. The summed E-state index contributed by atoms with van der Waals surface area (Å²) >= 11 is 0. The third-order valence-electron chi connectivity index (χ3n) is 4.83. The van der Waals surface area contributed by atoms with E-state index in [1.165, 1.54) is 5.56 Å². The number of nitrogens with one attached hydrogen (secondary N) is 3. The van der Waals surface area contributed by atoms with Gasteiger partial charge in [-0.25, -0.2) is 0 Å². The molecule has 0 bridgehead atoms. The quantitative estimate of drug-likeness (QED) is 0.510. The molecule has 1 aromatic carbocycles. The van der Waals surface area contributed by atoms with Gasteiger partial charge in [-0.2, -0.15) is 0 Å². The summed E-state index contributed by atoms with van der Waals surface area (Å²) in [6, 6.07) is 6.35. The fourth-order valence-corrected chi connectivity index (χ4v) is 3.02. The van der Waals surface area contributed by atoms with Crippen molar-refractivity contribution < 1.29 is 14.4 Å². The minimum absolute atomic E-state index is 0.0863. The third kappa shape index (κ3) is 9.42.